The first-order chi connectivity index (χ1) is 4.81. The molecule has 0 bridgehead atoms. The number of hydrogen-bond donors (Lipinski definition) is 1. The van der Waals surface area contributed by atoms with E-state index in [1.165, 1.54) is 0 Å². The monoisotopic (exact) mass is 141 g/mol. The maximum absolute atomic E-state index is 11.7. The lowest BCUT2D eigenvalue weighted by Crippen LogP contribution is -1.96. The van der Waals surface area contributed by atoms with Gasteiger partial charge in [-0.15, -0.1) is 0 Å². The van der Waals surface area contributed by atoms with E-state index < -0.39 is 6.67 Å². The van der Waals surface area contributed by atoms with Crippen LogP contribution in [0.1, 0.15) is 6.92 Å². The Hall–Kier alpha value is -1.05. The van der Waals surface area contributed by atoms with Crippen molar-refractivity contribution in [1.29, 1.82) is 0 Å². The molecular formula is C8H12FN. The summed E-state index contributed by atoms with van der Waals surface area (Å²) >= 11 is 0. The number of nitrogens with two attached hydrogens (primary N) is 1. The third-order valence-corrected chi connectivity index (χ3v) is 0.879. The van der Waals surface area contributed by atoms with Gasteiger partial charge in [0, 0.05) is 5.70 Å². The molecule has 0 aromatic carbocycles. The van der Waals surface area contributed by atoms with Crippen LogP contribution < -0.4 is 5.73 Å². The van der Waals surface area contributed by atoms with Gasteiger partial charge in [-0.3, -0.25) is 0 Å². The zero-order chi connectivity index (χ0) is 7.82. The fourth-order valence-electron chi connectivity index (χ4n) is 0.399. The van der Waals surface area contributed by atoms with E-state index in [1.807, 2.05) is 19.1 Å². The van der Waals surface area contributed by atoms with Gasteiger partial charge in [0.25, 0.3) is 0 Å². The van der Waals surface area contributed by atoms with Gasteiger partial charge in [0.15, 0.2) is 0 Å². The van der Waals surface area contributed by atoms with E-state index in [4.69, 9.17) is 5.73 Å². The number of allylic oxidation sites excluding steroid dienone is 6. The zero-order valence-electron chi connectivity index (χ0n) is 6.05. The lowest BCUT2D eigenvalue weighted by atomic mass is 10.4. The highest BCUT2D eigenvalue weighted by molar-refractivity contribution is 5.14. The van der Waals surface area contributed by atoms with Crippen LogP contribution in [0, 0.1) is 0 Å². The lowest BCUT2D eigenvalue weighted by Gasteiger charge is -1.85. The maximum atomic E-state index is 11.7. The molecule has 0 aliphatic heterocycles. The molecule has 10 heavy (non-hydrogen) atoms. The van der Waals surface area contributed by atoms with Gasteiger partial charge in [-0.05, 0) is 13.0 Å². The Morgan fingerprint density at radius 3 is 2.60 bits per heavy atom. The molecule has 0 fully saturated rings. The molecule has 0 aromatic heterocycles. The Kier molecular flexibility index (Phi) is 5.44. The van der Waals surface area contributed by atoms with Crippen LogP contribution in [0.25, 0.3) is 0 Å². The summed E-state index contributed by atoms with van der Waals surface area (Å²) in [6.45, 7) is 1.33. The van der Waals surface area contributed by atoms with Crippen LogP contribution in [0.3, 0.4) is 0 Å². The average Bonchev–Trinajstić information content (AvgIpc) is 1.98. The highest BCUT2D eigenvalue weighted by atomic mass is 19.1. The molecule has 0 amide bonds. The van der Waals surface area contributed by atoms with Gasteiger partial charge in [-0.2, -0.15) is 0 Å². The molecule has 0 aliphatic rings. The average molecular weight is 141 g/mol. The fourth-order valence-corrected chi connectivity index (χ4v) is 0.399. The quantitative estimate of drug-likeness (QED) is 0.597. The van der Waals surface area contributed by atoms with Crippen molar-refractivity contribution in [2.45, 2.75) is 6.92 Å². The van der Waals surface area contributed by atoms with Gasteiger partial charge >= 0.3 is 0 Å². The Morgan fingerprint density at radius 2 is 2.10 bits per heavy atom. The minimum Gasteiger partial charge on any atom is -0.400 e. The molecule has 0 radical (unpaired) electrons. The third kappa shape index (κ3) is 5.09. The molecule has 0 heterocycles. The van der Waals surface area contributed by atoms with Crippen LogP contribution in [-0.2, 0) is 0 Å². The molecule has 0 saturated heterocycles. The second-order valence-electron chi connectivity index (χ2n) is 1.79. The van der Waals surface area contributed by atoms with Crippen LogP contribution in [0.5, 0.6) is 0 Å². The first kappa shape index (κ1) is 8.95. The van der Waals surface area contributed by atoms with Crippen LogP contribution in [0.2, 0.25) is 0 Å². The summed E-state index contributed by atoms with van der Waals surface area (Å²) in [5, 5.41) is 0. The Morgan fingerprint density at radius 1 is 1.40 bits per heavy atom. The van der Waals surface area contributed by atoms with Crippen molar-refractivity contribution in [3.8, 4) is 0 Å². The van der Waals surface area contributed by atoms with Gasteiger partial charge in [0.05, 0.1) is 0 Å². The van der Waals surface area contributed by atoms with Crippen molar-refractivity contribution in [2.24, 2.45) is 5.73 Å². The van der Waals surface area contributed by atoms with Crippen molar-refractivity contribution in [3.05, 3.63) is 36.1 Å². The van der Waals surface area contributed by atoms with Gasteiger partial charge < -0.3 is 5.73 Å². The number of halogens is 1. The van der Waals surface area contributed by atoms with Crippen molar-refractivity contribution >= 4 is 0 Å². The minimum absolute atomic E-state index is 0.251. The minimum atomic E-state index is -0.583. The van der Waals surface area contributed by atoms with Crippen molar-refractivity contribution in [3.63, 3.8) is 0 Å². The summed E-state index contributed by atoms with van der Waals surface area (Å²) in [7, 11) is 0. The Bertz CT molecular complexity index is 157. The normalized spacial score (nSPS) is 13.6. The second kappa shape index (κ2) is 6.08. The first-order valence-corrected chi connectivity index (χ1v) is 3.11. The van der Waals surface area contributed by atoms with Gasteiger partial charge in [0.1, 0.15) is 6.67 Å². The molecule has 1 nitrogen and oxygen atoms in total. The SMILES string of the molecule is C/C=C/C=C\C=C(\N)CF. The molecular weight excluding hydrogens is 129 g/mol. The molecule has 56 valence electrons. The smallest absolute Gasteiger partial charge is 0.129 e. The second-order valence-corrected chi connectivity index (χ2v) is 1.79. The standard InChI is InChI=1S/C8H12FN/c1-2-3-4-5-6-8(10)7-9/h2-6H,7,10H2,1H3/b3-2+,5-4-,8-6+. The summed E-state index contributed by atoms with van der Waals surface area (Å²) in [6, 6.07) is 0. The molecule has 0 aliphatic carbocycles. The van der Waals surface area contributed by atoms with Crippen LogP contribution in [0.4, 0.5) is 4.39 Å². The van der Waals surface area contributed by atoms with E-state index in [9.17, 15) is 4.39 Å². The molecule has 2 heteroatoms. The van der Waals surface area contributed by atoms with Crippen molar-refractivity contribution in [1.82, 2.24) is 0 Å². The van der Waals surface area contributed by atoms with E-state index in [1.54, 1.807) is 18.2 Å². The number of hydrogen-bond acceptors (Lipinski definition) is 1. The van der Waals surface area contributed by atoms with Crippen molar-refractivity contribution < 1.29 is 4.39 Å². The highest BCUT2D eigenvalue weighted by Crippen LogP contribution is 1.86. The molecule has 0 unspecified atom stereocenters. The largest absolute Gasteiger partial charge is 0.400 e. The van der Waals surface area contributed by atoms with Crippen LogP contribution in [0.15, 0.2) is 36.1 Å². The van der Waals surface area contributed by atoms with Crippen LogP contribution >= 0.6 is 0 Å². The van der Waals surface area contributed by atoms with Crippen LogP contribution in [-0.4, -0.2) is 6.67 Å². The zero-order valence-corrected chi connectivity index (χ0v) is 6.05. The van der Waals surface area contributed by atoms with E-state index >= 15 is 0 Å². The molecule has 2 N–H and O–H groups in total. The van der Waals surface area contributed by atoms with E-state index in [2.05, 4.69) is 0 Å². The predicted molar refractivity (Wildman–Crippen MR) is 42.2 cm³/mol. The van der Waals surface area contributed by atoms with Crippen molar-refractivity contribution in [2.75, 3.05) is 6.67 Å². The number of rotatable bonds is 3. The molecule has 0 rings (SSSR count). The Balaban J connectivity index is 3.70. The van der Waals surface area contributed by atoms with Gasteiger partial charge in [-0.1, -0.05) is 24.3 Å². The maximum Gasteiger partial charge on any atom is 0.129 e. The van der Waals surface area contributed by atoms with E-state index in [-0.39, 0.29) is 5.70 Å². The fraction of sp³-hybridized carbons (Fsp3) is 0.250. The Labute approximate surface area is 60.7 Å². The molecule has 0 spiro atoms. The molecule has 0 saturated carbocycles. The van der Waals surface area contributed by atoms with E-state index in [0.717, 1.165) is 0 Å². The molecule has 0 atom stereocenters. The lowest BCUT2D eigenvalue weighted by molar-refractivity contribution is 0.540. The number of alkyl halides is 1. The van der Waals surface area contributed by atoms with Gasteiger partial charge in [0.2, 0.25) is 0 Å². The summed E-state index contributed by atoms with van der Waals surface area (Å²) in [4.78, 5) is 0. The highest BCUT2D eigenvalue weighted by Gasteiger charge is 1.80. The summed E-state index contributed by atoms with van der Waals surface area (Å²) in [6.07, 6.45) is 8.77. The molecule has 0 aromatic rings. The summed E-state index contributed by atoms with van der Waals surface area (Å²) < 4.78 is 11.7. The topological polar surface area (TPSA) is 26.0 Å². The summed E-state index contributed by atoms with van der Waals surface area (Å²) in [5.41, 5.74) is 5.42. The third-order valence-electron chi connectivity index (χ3n) is 0.879. The predicted octanol–water partition coefficient (Wildman–Crippen LogP) is 1.93. The van der Waals surface area contributed by atoms with E-state index in [0.29, 0.717) is 0 Å². The van der Waals surface area contributed by atoms with Gasteiger partial charge in [-0.25, -0.2) is 4.39 Å². The summed E-state index contributed by atoms with van der Waals surface area (Å²) in [5.74, 6) is 0. The first-order valence-electron chi connectivity index (χ1n) is 3.11.